The van der Waals surface area contributed by atoms with Crippen LogP contribution in [-0.2, 0) is 0 Å². The van der Waals surface area contributed by atoms with Crippen LogP contribution in [0.25, 0.3) is 100 Å². The second-order valence-corrected chi connectivity index (χ2v) is 14.2. The summed E-state index contributed by atoms with van der Waals surface area (Å²) in [4.78, 5) is 10.1. The summed E-state index contributed by atoms with van der Waals surface area (Å²) in [6.45, 7) is 0. The third kappa shape index (κ3) is 5.31. The molecule has 3 heterocycles. The van der Waals surface area contributed by atoms with Gasteiger partial charge in [0.25, 0.3) is 0 Å². The average Bonchev–Trinajstić information content (AvgIpc) is 3.80. The maximum Gasteiger partial charge on any atom is 0.160 e. The molecule has 0 fully saturated rings. The van der Waals surface area contributed by atoms with E-state index in [4.69, 9.17) is 9.97 Å². The van der Waals surface area contributed by atoms with E-state index in [1.165, 1.54) is 43.6 Å². The van der Waals surface area contributed by atoms with Gasteiger partial charge in [0, 0.05) is 49.6 Å². The van der Waals surface area contributed by atoms with Crippen molar-refractivity contribution in [2.24, 2.45) is 0 Å². The van der Waals surface area contributed by atoms with Crippen LogP contribution >= 0.6 is 0 Å². The summed E-state index contributed by atoms with van der Waals surface area (Å²) in [6, 6.07) is 73.2. The van der Waals surface area contributed by atoms with Crippen molar-refractivity contribution in [3.8, 4) is 56.4 Å². The summed E-state index contributed by atoms with van der Waals surface area (Å²) in [5.41, 5.74) is 14.2. The lowest BCUT2D eigenvalue weighted by molar-refractivity contribution is 1.14. The molecule has 0 atom stereocenters. The third-order valence-corrected chi connectivity index (χ3v) is 10.9. The number of hydrogen-bond donors (Lipinski definition) is 0. The van der Waals surface area contributed by atoms with Crippen LogP contribution in [0, 0.1) is 0 Å². The van der Waals surface area contributed by atoms with Gasteiger partial charge < -0.3 is 9.13 Å². The van der Waals surface area contributed by atoms with E-state index < -0.39 is 0 Å². The molecule has 8 aromatic carbocycles. The first-order valence-corrected chi connectivity index (χ1v) is 19.0. The Morgan fingerprint density at radius 2 is 0.696 bits per heavy atom. The normalized spacial score (nSPS) is 11.6. The second kappa shape index (κ2) is 13.1. The maximum atomic E-state index is 5.10. The minimum atomic E-state index is 0.713. The Balaban J connectivity index is 1.00. The van der Waals surface area contributed by atoms with Gasteiger partial charge in [-0.25, -0.2) is 9.97 Å². The summed E-state index contributed by atoms with van der Waals surface area (Å²) >= 11 is 0. The van der Waals surface area contributed by atoms with Gasteiger partial charge in [-0.2, -0.15) is 0 Å². The van der Waals surface area contributed by atoms with Gasteiger partial charge in [0.05, 0.1) is 33.5 Å². The molecule has 0 N–H and O–H groups in total. The van der Waals surface area contributed by atoms with Crippen molar-refractivity contribution in [1.82, 2.24) is 19.1 Å². The fourth-order valence-corrected chi connectivity index (χ4v) is 8.31. The zero-order valence-electron chi connectivity index (χ0n) is 30.4. The van der Waals surface area contributed by atoms with Crippen molar-refractivity contribution in [1.29, 1.82) is 0 Å². The molecule has 262 valence electrons. The molecule has 0 saturated carbocycles. The van der Waals surface area contributed by atoms with E-state index in [0.717, 1.165) is 50.6 Å². The smallest absolute Gasteiger partial charge is 0.160 e. The maximum absolute atomic E-state index is 5.10. The molecule has 4 nitrogen and oxygen atoms in total. The van der Waals surface area contributed by atoms with Gasteiger partial charge in [-0.05, 0) is 77.9 Å². The van der Waals surface area contributed by atoms with Crippen LogP contribution in [0.4, 0.5) is 0 Å². The van der Waals surface area contributed by atoms with Crippen molar-refractivity contribution in [3.63, 3.8) is 0 Å². The van der Waals surface area contributed by atoms with Gasteiger partial charge in [0.1, 0.15) is 0 Å². The van der Waals surface area contributed by atoms with E-state index in [-0.39, 0.29) is 0 Å². The lowest BCUT2D eigenvalue weighted by atomic mass is 9.99. The molecule has 0 radical (unpaired) electrons. The third-order valence-electron chi connectivity index (χ3n) is 10.9. The molecule has 0 aliphatic heterocycles. The zero-order chi connectivity index (χ0) is 37.0. The lowest BCUT2D eigenvalue weighted by Crippen LogP contribution is -1.97. The Morgan fingerprint density at radius 3 is 1.29 bits per heavy atom. The standard InChI is InChI=1S/C52H34N4/c1-3-14-35(15-4-1)46-34-47(54-52(53-46)36-16-5-2-6-17-36)39-19-13-18-37(32-39)38-26-31-51-45(33-38)44-22-9-12-25-50(44)56(51)41-29-27-40(28-30-41)55-48-23-10-7-20-42(48)43-21-8-11-24-49(43)55/h1-34H. The summed E-state index contributed by atoms with van der Waals surface area (Å²) in [5, 5.41) is 4.97. The van der Waals surface area contributed by atoms with Crippen LogP contribution in [0.2, 0.25) is 0 Å². The molecule has 0 aliphatic carbocycles. The van der Waals surface area contributed by atoms with Gasteiger partial charge >= 0.3 is 0 Å². The van der Waals surface area contributed by atoms with Crippen molar-refractivity contribution in [2.45, 2.75) is 0 Å². The van der Waals surface area contributed by atoms with Crippen LogP contribution in [0.3, 0.4) is 0 Å². The van der Waals surface area contributed by atoms with E-state index in [2.05, 4.69) is 191 Å². The minimum absolute atomic E-state index is 0.713. The van der Waals surface area contributed by atoms with E-state index in [1.807, 2.05) is 24.3 Å². The Hall–Kier alpha value is -7.56. The largest absolute Gasteiger partial charge is 0.309 e. The van der Waals surface area contributed by atoms with Crippen molar-refractivity contribution >= 4 is 43.6 Å². The van der Waals surface area contributed by atoms with Gasteiger partial charge in [0.2, 0.25) is 0 Å². The summed E-state index contributed by atoms with van der Waals surface area (Å²) in [6.07, 6.45) is 0. The first kappa shape index (κ1) is 31.9. The predicted molar refractivity (Wildman–Crippen MR) is 232 cm³/mol. The SMILES string of the molecule is c1ccc(-c2cc(-c3cccc(-c4ccc5c(c4)c4ccccc4n5-c4ccc(-n5c6ccccc6c6ccccc65)cc4)c3)nc(-c3ccccc3)n2)cc1. The van der Waals surface area contributed by atoms with Crippen LogP contribution in [0.15, 0.2) is 206 Å². The van der Waals surface area contributed by atoms with Crippen LogP contribution in [-0.4, -0.2) is 19.1 Å². The molecule has 0 amide bonds. The number of rotatable bonds is 6. The predicted octanol–water partition coefficient (Wildman–Crippen LogP) is 13.3. The molecule has 56 heavy (non-hydrogen) atoms. The number of benzene rings is 8. The number of fused-ring (bicyclic) bond motifs is 6. The van der Waals surface area contributed by atoms with E-state index in [1.54, 1.807) is 0 Å². The highest BCUT2D eigenvalue weighted by atomic mass is 15.0. The molecule has 0 unspecified atom stereocenters. The zero-order valence-corrected chi connectivity index (χ0v) is 30.4. The number of hydrogen-bond acceptors (Lipinski definition) is 2. The molecule has 11 rings (SSSR count). The van der Waals surface area contributed by atoms with Gasteiger partial charge in [-0.15, -0.1) is 0 Å². The molecule has 0 aliphatic rings. The minimum Gasteiger partial charge on any atom is -0.309 e. The van der Waals surface area contributed by atoms with Crippen molar-refractivity contribution in [3.05, 3.63) is 206 Å². The lowest BCUT2D eigenvalue weighted by Gasteiger charge is -2.12. The molecule has 3 aromatic heterocycles. The molecule has 11 aromatic rings. The van der Waals surface area contributed by atoms with Gasteiger partial charge in [0.15, 0.2) is 5.82 Å². The van der Waals surface area contributed by atoms with E-state index >= 15 is 0 Å². The first-order valence-electron chi connectivity index (χ1n) is 19.0. The monoisotopic (exact) mass is 714 g/mol. The highest BCUT2D eigenvalue weighted by Gasteiger charge is 2.16. The van der Waals surface area contributed by atoms with Gasteiger partial charge in [-0.1, -0.05) is 140 Å². The fourth-order valence-electron chi connectivity index (χ4n) is 8.31. The summed E-state index contributed by atoms with van der Waals surface area (Å²) < 4.78 is 4.75. The van der Waals surface area contributed by atoms with Crippen LogP contribution in [0.1, 0.15) is 0 Å². The first-order chi connectivity index (χ1) is 27.8. The van der Waals surface area contributed by atoms with Gasteiger partial charge in [-0.3, -0.25) is 0 Å². The van der Waals surface area contributed by atoms with Crippen molar-refractivity contribution in [2.75, 3.05) is 0 Å². The molecule has 4 heteroatoms. The molecule has 0 spiro atoms. The highest BCUT2D eigenvalue weighted by Crippen LogP contribution is 2.37. The van der Waals surface area contributed by atoms with Crippen molar-refractivity contribution < 1.29 is 0 Å². The van der Waals surface area contributed by atoms with Crippen LogP contribution in [0.5, 0.6) is 0 Å². The quantitative estimate of drug-likeness (QED) is 0.172. The Kier molecular flexibility index (Phi) is 7.46. The Bertz CT molecular complexity index is 3120. The average molecular weight is 715 g/mol. The highest BCUT2D eigenvalue weighted by molar-refractivity contribution is 6.11. The summed E-state index contributed by atoms with van der Waals surface area (Å²) in [5.74, 6) is 0.713. The topological polar surface area (TPSA) is 35.6 Å². The Morgan fingerprint density at radius 1 is 0.268 bits per heavy atom. The fraction of sp³-hybridized carbons (Fsp3) is 0. The second-order valence-electron chi connectivity index (χ2n) is 14.2. The number of nitrogens with zero attached hydrogens (tertiary/aromatic N) is 4. The molecule has 0 bridgehead atoms. The van der Waals surface area contributed by atoms with E-state index in [9.17, 15) is 0 Å². The number of aromatic nitrogens is 4. The van der Waals surface area contributed by atoms with E-state index in [0.29, 0.717) is 5.82 Å². The van der Waals surface area contributed by atoms with Crippen LogP contribution < -0.4 is 0 Å². The number of para-hydroxylation sites is 3. The summed E-state index contributed by atoms with van der Waals surface area (Å²) in [7, 11) is 0. The Labute approximate surface area is 324 Å². The molecular formula is C52H34N4. The molecule has 0 saturated heterocycles. The molecular weight excluding hydrogens is 681 g/mol.